The molecule has 7 nitrogen and oxygen atoms in total. The maximum atomic E-state index is 13.0. The van der Waals surface area contributed by atoms with E-state index in [-0.39, 0.29) is 17.9 Å². The molecule has 7 heteroatoms. The van der Waals surface area contributed by atoms with Crippen LogP contribution in [-0.4, -0.2) is 64.0 Å². The summed E-state index contributed by atoms with van der Waals surface area (Å²) in [5, 5.41) is 0. The number of hydrogen-bond donors (Lipinski definition) is 0. The molecule has 2 aliphatic rings. The summed E-state index contributed by atoms with van der Waals surface area (Å²) in [4.78, 5) is 33.9. The lowest BCUT2D eigenvalue weighted by Gasteiger charge is -2.33. The summed E-state index contributed by atoms with van der Waals surface area (Å²) in [5.74, 6) is 0.951. The number of nitrogens with zero attached hydrogens (tertiary/aromatic N) is 4. The van der Waals surface area contributed by atoms with Gasteiger partial charge in [-0.3, -0.25) is 9.59 Å². The topological polar surface area (TPSA) is 67.7 Å². The van der Waals surface area contributed by atoms with Crippen molar-refractivity contribution in [3.8, 4) is 0 Å². The van der Waals surface area contributed by atoms with E-state index in [1.807, 2.05) is 54.1 Å². The summed E-state index contributed by atoms with van der Waals surface area (Å²) in [5.41, 5.74) is 2.54. The maximum absolute atomic E-state index is 13.0. The van der Waals surface area contributed by atoms with Crippen molar-refractivity contribution in [1.29, 1.82) is 0 Å². The average Bonchev–Trinajstić information content (AvgIpc) is 3.12. The normalized spacial score (nSPS) is 19.4. The highest BCUT2D eigenvalue weighted by Gasteiger charge is 2.31. The van der Waals surface area contributed by atoms with E-state index in [2.05, 4.69) is 4.57 Å². The number of morpholine rings is 1. The molecule has 2 amide bonds. The van der Waals surface area contributed by atoms with Crippen LogP contribution in [0.3, 0.4) is 0 Å². The molecule has 3 heterocycles. The number of ether oxygens (including phenoxy) is 1. The van der Waals surface area contributed by atoms with Gasteiger partial charge < -0.3 is 19.1 Å². The average molecular weight is 382 g/mol. The molecular weight excluding hydrogens is 356 g/mol. The molecule has 0 spiro atoms. The fourth-order valence-electron chi connectivity index (χ4n) is 3.93. The number of benzene rings is 1. The largest absolute Gasteiger partial charge is 0.378 e. The van der Waals surface area contributed by atoms with Crippen molar-refractivity contribution >= 4 is 11.8 Å². The third-order valence-electron chi connectivity index (χ3n) is 5.50. The molecule has 28 heavy (non-hydrogen) atoms. The third kappa shape index (κ3) is 3.67. The van der Waals surface area contributed by atoms with Gasteiger partial charge in [0.2, 0.25) is 5.91 Å². The van der Waals surface area contributed by atoms with Gasteiger partial charge in [0.05, 0.1) is 31.4 Å². The molecule has 2 aliphatic heterocycles. The molecule has 148 valence electrons. The van der Waals surface area contributed by atoms with Crippen molar-refractivity contribution in [3.05, 3.63) is 53.1 Å². The molecule has 1 fully saturated rings. The summed E-state index contributed by atoms with van der Waals surface area (Å²) < 4.78 is 7.38. The molecule has 0 saturated carbocycles. The van der Waals surface area contributed by atoms with Crippen LogP contribution in [0, 0.1) is 6.92 Å². The van der Waals surface area contributed by atoms with E-state index in [0.717, 1.165) is 17.1 Å². The second-order valence-electron chi connectivity index (χ2n) is 7.50. The number of carbonyl (C=O) groups excluding carboxylic acids is 2. The second kappa shape index (κ2) is 7.75. The standard InChI is InChI=1S/C21H26N4O3/c1-15-4-3-5-17(12-15)21(27)25-7-6-24-14-18(22-20(24)16(25)2)13-19(26)23-8-10-28-11-9-23/h3-5,12,14,16H,6-11,13H2,1-2H3/t16-/m0/s1. The Morgan fingerprint density at radius 3 is 2.71 bits per heavy atom. The summed E-state index contributed by atoms with van der Waals surface area (Å²) in [6, 6.07) is 7.54. The minimum atomic E-state index is -0.131. The number of aromatic nitrogens is 2. The van der Waals surface area contributed by atoms with Crippen molar-refractivity contribution < 1.29 is 14.3 Å². The molecule has 1 aromatic heterocycles. The van der Waals surface area contributed by atoms with E-state index >= 15 is 0 Å². The van der Waals surface area contributed by atoms with Gasteiger partial charge in [0, 0.05) is 37.9 Å². The highest BCUT2D eigenvalue weighted by atomic mass is 16.5. The van der Waals surface area contributed by atoms with Gasteiger partial charge in [0.25, 0.3) is 5.91 Å². The van der Waals surface area contributed by atoms with E-state index < -0.39 is 0 Å². The van der Waals surface area contributed by atoms with Gasteiger partial charge in [0.1, 0.15) is 5.82 Å². The fraction of sp³-hybridized carbons (Fsp3) is 0.476. The van der Waals surface area contributed by atoms with Crippen LogP contribution in [0.15, 0.2) is 30.5 Å². The molecule has 1 saturated heterocycles. The van der Waals surface area contributed by atoms with Crippen molar-refractivity contribution in [2.45, 2.75) is 32.9 Å². The Kier molecular flexibility index (Phi) is 5.17. The van der Waals surface area contributed by atoms with Crippen LogP contribution in [0.25, 0.3) is 0 Å². The van der Waals surface area contributed by atoms with Crippen molar-refractivity contribution in [2.24, 2.45) is 0 Å². The molecular formula is C21H26N4O3. The quantitative estimate of drug-likeness (QED) is 0.812. The lowest BCUT2D eigenvalue weighted by Crippen LogP contribution is -2.41. The van der Waals surface area contributed by atoms with Crippen LogP contribution in [0.1, 0.15) is 40.4 Å². The van der Waals surface area contributed by atoms with Gasteiger partial charge in [-0.1, -0.05) is 17.7 Å². The van der Waals surface area contributed by atoms with Crippen LogP contribution in [-0.2, 0) is 22.5 Å². The molecule has 0 N–H and O–H groups in total. The maximum Gasteiger partial charge on any atom is 0.254 e. The number of hydrogen-bond acceptors (Lipinski definition) is 4. The summed E-state index contributed by atoms with van der Waals surface area (Å²) in [6.45, 7) is 7.78. The van der Waals surface area contributed by atoms with Gasteiger partial charge in [-0.15, -0.1) is 0 Å². The van der Waals surface area contributed by atoms with Crippen molar-refractivity contribution in [3.63, 3.8) is 0 Å². The van der Waals surface area contributed by atoms with E-state index in [4.69, 9.17) is 9.72 Å². The highest BCUT2D eigenvalue weighted by molar-refractivity contribution is 5.94. The Hall–Kier alpha value is -2.67. The van der Waals surface area contributed by atoms with E-state index in [1.165, 1.54) is 0 Å². The van der Waals surface area contributed by atoms with Crippen LogP contribution >= 0.6 is 0 Å². The number of fused-ring (bicyclic) bond motifs is 1. The lowest BCUT2D eigenvalue weighted by molar-refractivity contribution is -0.134. The number of carbonyl (C=O) groups is 2. The van der Waals surface area contributed by atoms with Gasteiger partial charge in [0.15, 0.2) is 0 Å². The first-order chi connectivity index (χ1) is 13.5. The number of imidazole rings is 1. The Morgan fingerprint density at radius 1 is 1.18 bits per heavy atom. The SMILES string of the molecule is Cc1cccc(C(=O)N2CCn3cc(CC(=O)N4CCOCC4)nc3[C@@H]2C)c1. The van der Waals surface area contributed by atoms with Crippen molar-refractivity contribution in [1.82, 2.24) is 19.4 Å². The first kappa shape index (κ1) is 18.7. The Labute approximate surface area is 164 Å². The molecule has 1 aromatic carbocycles. The van der Waals surface area contributed by atoms with Crippen LogP contribution in [0.5, 0.6) is 0 Å². The van der Waals surface area contributed by atoms with Crippen LogP contribution in [0.4, 0.5) is 0 Å². The molecule has 4 rings (SSSR count). The Bertz CT molecular complexity index is 886. The molecule has 1 atom stereocenters. The molecule has 0 radical (unpaired) electrons. The Balaban J connectivity index is 1.48. The van der Waals surface area contributed by atoms with Crippen molar-refractivity contribution in [2.75, 3.05) is 32.8 Å². The monoisotopic (exact) mass is 382 g/mol. The van der Waals surface area contributed by atoms with Gasteiger partial charge in [-0.25, -0.2) is 4.98 Å². The number of amides is 2. The third-order valence-corrected chi connectivity index (χ3v) is 5.50. The van der Waals surface area contributed by atoms with Crippen LogP contribution in [0.2, 0.25) is 0 Å². The van der Waals surface area contributed by atoms with Gasteiger partial charge in [-0.05, 0) is 26.0 Å². The molecule has 0 bridgehead atoms. The Morgan fingerprint density at radius 2 is 1.96 bits per heavy atom. The zero-order valence-corrected chi connectivity index (χ0v) is 16.4. The fourth-order valence-corrected chi connectivity index (χ4v) is 3.93. The predicted octanol–water partition coefficient (Wildman–Crippen LogP) is 1.81. The summed E-state index contributed by atoms with van der Waals surface area (Å²) in [6.07, 6.45) is 2.25. The van der Waals surface area contributed by atoms with E-state index in [9.17, 15) is 9.59 Å². The minimum Gasteiger partial charge on any atom is -0.378 e. The van der Waals surface area contributed by atoms with Gasteiger partial charge in [-0.2, -0.15) is 0 Å². The zero-order chi connectivity index (χ0) is 19.7. The first-order valence-corrected chi connectivity index (χ1v) is 9.82. The lowest BCUT2D eigenvalue weighted by atomic mass is 10.1. The summed E-state index contributed by atoms with van der Waals surface area (Å²) in [7, 11) is 0. The highest BCUT2D eigenvalue weighted by Crippen LogP contribution is 2.26. The van der Waals surface area contributed by atoms with E-state index in [1.54, 1.807) is 0 Å². The first-order valence-electron chi connectivity index (χ1n) is 9.82. The predicted molar refractivity (Wildman–Crippen MR) is 104 cm³/mol. The zero-order valence-electron chi connectivity index (χ0n) is 16.4. The molecule has 0 unspecified atom stereocenters. The second-order valence-corrected chi connectivity index (χ2v) is 7.50. The minimum absolute atomic E-state index is 0.0244. The van der Waals surface area contributed by atoms with Gasteiger partial charge >= 0.3 is 0 Å². The van der Waals surface area contributed by atoms with Crippen LogP contribution < -0.4 is 0 Å². The summed E-state index contributed by atoms with van der Waals surface area (Å²) >= 11 is 0. The van der Waals surface area contributed by atoms with E-state index in [0.29, 0.717) is 51.4 Å². The smallest absolute Gasteiger partial charge is 0.254 e. The molecule has 0 aliphatic carbocycles. The molecule has 2 aromatic rings. The number of rotatable bonds is 3. The number of aryl methyl sites for hydroxylation is 1.